The first-order chi connectivity index (χ1) is 15.7. The van der Waals surface area contributed by atoms with Gasteiger partial charge in [-0.05, 0) is 24.6 Å². The van der Waals surface area contributed by atoms with Gasteiger partial charge in [-0.15, -0.1) is 0 Å². The third-order valence-corrected chi connectivity index (χ3v) is 4.91. The molecule has 1 aliphatic heterocycles. The van der Waals surface area contributed by atoms with Gasteiger partial charge in [0, 0.05) is 25.1 Å². The van der Waals surface area contributed by atoms with E-state index in [4.69, 9.17) is 0 Å². The second-order valence-corrected chi connectivity index (χ2v) is 7.42. The SMILES string of the molecule is Cc1cc(NC(=O)C2=NN(Cc3ccccc3)C(=O)CC2)n(-c2ccc(C(F)(F)F)cn2)n1. The first-order valence-corrected chi connectivity index (χ1v) is 10.0. The van der Waals surface area contributed by atoms with Gasteiger partial charge in [-0.3, -0.25) is 9.59 Å². The van der Waals surface area contributed by atoms with Gasteiger partial charge in [0.05, 0.1) is 17.8 Å². The monoisotopic (exact) mass is 456 g/mol. The van der Waals surface area contributed by atoms with Crippen molar-refractivity contribution < 1.29 is 22.8 Å². The molecule has 170 valence electrons. The fourth-order valence-corrected chi connectivity index (χ4v) is 3.28. The van der Waals surface area contributed by atoms with Crippen LogP contribution in [0.3, 0.4) is 0 Å². The summed E-state index contributed by atoms with van der Waals surface area (Å²) < 4.78 is 39.7. The van der Waals surface area contributed by atoms with Crippen molar-refractivity contribution in [2.24, 2.45) is 5.10 Å². The topological polar surface area (TPSA) is 92.5 Å². The van der Waals surface area contributed by atoms with Gasteiger partial charge in [-0.2, -0.15) is 28.1 Å². The van der Waals surface area contributed by atoms with Gasteiger partial charge in [0.2, 0.25) is 5.91 Å². The normalized spacial score (nSPS) is 14.2. The lowest BCUT2D eigenvalue weighted by molar-refractivity contribution is -0.138. The van der Waals surface area contributed by atoms with Crippen LogP contribution in [-0.2, 0) is 22.3 Å². The minimum Gasteiger partial charge on any atom is -0.305 e. The highest BCUT2D eigenvalue weighted by molar-refractivity contribution is 6.43. The zero-order chi connectivity index (χ0) is 23.6. The van der Waals surface area contributed by atoms with Crippen LogP contribution in [0.1, 0.15) is 29.7 Å². The first kappa shape index (κ1) is 22.2. The summed E-state index contributed by atoms with van der Waals surface area (Å²) in [6.45, 7) is 1.91. The standard InChI is InChI=1S/C22H19F3N6O2/c1-14-11-19(31(28-14)18-9-7-16(12-26-18)22(23,24)25)27-21(33)17-8-10-20(32)30(29-17)13-15-5-3-2-4-6-15/h2-7,9,11-12H,8,10,13H2,1H3,(H,27,33). The van der Waals surface area contributed by atoms with Crippen molar-refractivity contribution in [2.45, 2.75) is 32.5 Å². The van der Waals surface area contributed by atoms with E-state index in [2.05, 4.69) is 20.5 Å². The molecule has 3 heterocycles. The summed E-state index contributed by atoms with van der Waals surface area (Å²) in [7, 11) is 0. The summed E-state index contributed by atoms with van der Waals surface area (Å²) in [5.74, 6) is -0.393. The van der Waals surface area contributed by atoms with E-state index in [1.165, 1.54) is 15.8 Å². The van der Waals surface area contributed by atoms with Crippen LogP contribution >= 0.6 is 0 Å². The predicted molar refractivity (Wildman–Crippen MR) is 113 cm³/mol. The van der Waals surface area contributed by atoms with Crippen LogP contribution < -0.4 is 5.32 Å². The Morgan fingerprint density at radius 3 is 2.55 bits per heavy atom. The number of aryl methyl sites for hydroxylation is 1. The molecule has 33 heavy (non-hydrogen) atoms. The van der Waals surface area contributed by atoms with Crippen LogP contribution in [0.5, 0.6) is 0 Å². The zero-order valence-corrected chi connectivity index (χ0v) is 17.5. The maximum absolute atomic E-state index is 12.9. The average Bonchev–Trinajstić information content (AvgIpc) is 3.15. The number of aromatic nitrogens is 3. The van der Waals surface area contributed by atoms with Crippen LogP contribution in [0.15, 0.2) is 59.8 Å². The van der Waals surface area contributed by atoms with Gasteiger partial charge in [0.25, 0.3) is 5.91 Å². The second kappa shape index (κ2) is 8.85. The average molecular weight is 456 g/mol. The number of amides is 2. The molecule has 0 saturated carbocycles. The Hall–Kier alpha value is -4.02. The first-order valence-electron chi connectivity index (χ1n) is 10.0. The summed E-state index contributed by atoms with van der Waals surface area (Å²) in [4.78, 5) is 28.9. The van der Waals surface area contributed by atoms with Crippen LogP contribution in [0.4, 0.5) is 19.0 Å². The Morgan fingerprint density at radius 2 is 1.88 bits per heavy atom. The van der Waals surface area contributed by atoms with Crippen molar-refractivity contribution >= 4 is 23.3 Å². The van der Waals surface area contributed by atoms with E-state index in [9.17, 15) is 22.8 Å². The smallest absolute Gasteiger partial charge is 0.305 e. The number of hydrogen-bond acceptors (Lipinski definition) is 5. The molecule has 0 aliphatic carbocycles. The quantitative estimate of drug-likeness (QED) is 0.634. The number of benzene rings is 1. The molecule has 0 spiro atoms. The van der Waals surface area contributed by atoms with E-state index >= 15 is 0 Å². The Kier molecular flexibility index (Phi) is 5.95. The van der Waals surface area contributed by atoms with Crippen LogP contribution in [0, 0.1) is 6.92 Å². The zero-order valence-electron chi connectivity index (χ0n) is 17.5. The van der Waals surface area contributed by atoms with Gasteiger partial charge in [-0.1, -0.05) is 30.3 Å². The molecule has 0 fully saturated rings. The largest absolute Gasteiger partial charge is 0.417 e. The molecule has 2 amide bonds. The fourth-order valence-electron chi connectivity index (χ4n) is 3.28. The Bertz CT molecular complexity index is 1200. The van der Waals surface area contributed by atoms with Crippen molar-refractivity contribution in [2.75, 3.05) is 5.32 Å². The van der Waals surface area contributed by atoms with Crippen LogP contribution in [0.25, 0.3) is 5.82 Å². The van der Waals surface area contributed by atoms with Crippen molar-refractivity contribution in [3.63, 3.8) is 0 Å². The number of rotatable bonds is 5. The number of pyridine rings is 1. The summed E-state index contributed by atoms with van der Waals surface area (Å²) in [5, 5.41) is 12.4. The van der Waals surface area contributed by atoms with Gasteiger partial charge in [0.1, 0.15) is 11.5 Å². The number of hydrazone groups is 1. The third kappa shape index (κ3) is 5.08. The van der Waals surface area contributed by atoms with Crippen molar-refractivity contribution in [3.8, 4) is 5.82 Å². The molecule has 3 aromatic rings. The maximum atomic E-state index is 12.9. The molecule has 2 aromatic heterocycles. The molecule has 1 N–H and O–H groups in total. The highest BCUT2D eigenvalue weighted by Crippen LogP contribution is 2.29. The van der Waals surface area contributed by atoms with Gasteiger partial charge in [0.15, 0.2) is 5.82 Å². The molecule has 0 radical (unpaired) electrons. The summed E-state index contributed by atoms with van der Waals surface area (Å²) in [5.41, 5.74) is 0.675. The van der Waals surface area contributed by atoms with E-state index in [-0.39, 0.29) is 42.6 Å². The van der Waals surface area contributed by atoms with Crippen LogP contribution in [-0.4, -0.2) is 37.3 Å². The van der Waals surface area contributed by atoms with E-state index in [1.807, 2.05) is 30.3 Å². The summed E-state index contributed by atoms with van der Waals surface area (Å²) >= 11 is 0. The third-order valence-electron chi connectivity index (χ3n) is 4.91. The van der Waals surface area contributed by atoms with E-state index in [1.54, 1.807) is 13.0 Å². The molecular formula is C22H19F3N6O2. The van der Waals surface area contributed by atoms with E-state index in [0.717, 1.165) is 11.6 Å². The molecule has 0 saturated heterocycles. The number of carbonyl (C=O) groups is 2. The maximum Gasteiger partial charge on any atom is 0.417 e. The molecule has 11 heteroatoms. The van der Waals surface area contributed by atoms with Crippen molar-refractivity contribution in [1.29, 1.82) is 0 Å². The van der Waals surface area contributed by atoms with Gasteiger partial charge >= 0.3 is 6.18 Å². The minimum absolute atomic E-state index is 0.109. The Balaban J connectivity index is 1.54. The van der Waals surface area contributed by atoms with Gasteiger partial charge < -0.3 is 5.32 Å². The predicted octanol–water partition coefficient (Wildman–Crippen LogP) is 3.71. The molecule has 4 rings (SSSR count). The fraction of sp³-hybridized carbons (Fsp3) is 0.227. The Morgan fingerprint density at radius 1 is 1.12 bits per heavy atom. The highest BCUT2D eigenvalue weighted by atomic mass is 19.4. The number of nitrogens with zero attached hydrogens (tertiary/aromatic N) is 5. The molecule has 8 nitrogen and oxygen atoms in total. The molecule has 0 atom stereocenters. The highest BCUT2D eigenvalue weighted by Gasteiger charge is 2.31. The molecule has 0 unspecified atom stereocenters. The summed E-state index contributed by atoms with van der Waals surface area (Å²) in [6.07, 6.45) is -3.50. The van der Waals surface area contributed by atoms with Crippen LogP contribution in [0.2, 0.25) is 0 Å². The Labute approximate surface area is 186 Å². The van der Waals surface area contributed by atoms with E-state index in [0.29, 0.717) is 11.9 Å². The molecule has 0 bridgehead atoms. The van der Waals surface area contributed by atoms with Crippen molar-refractivity contribution in [1.82, 2.24) is 19.8 Å². The summed E-state index contributed by atoms with van der Waals surface area (Å²) in [6, 6.07) is 12.9. The second-order valence-electron chi connectivity index (χ2n) is 7.42. The van der Waals surface area contributed by atoms with Crippen molar-refractivity contribution in [3.05, 3.63) is 71.5 Å². The van der Waals surface area contributed by atoms with Gasteiger partial charge in [-0.25, -0.2) is 9.99 Å². The number of hydrogen-bond donors (Lipinski definition) is 1. The molecule has 1 aromatic carbocycles. The molecule has 1 aliphatic rings. The lowest BCUT2D eigenvalue weighted by Crippen LogP contribution is -2.36. The number of carbonyl (C=O) groups excluding carboxylic acids is 2. The molecular weight excluding hydrogens is 437 g/mol. The van der Waals surface area contributed by atoms with E-state index < -0.39 is 17.6 Å². The minimum atomic E-state index is -4.51. The lowest BCUT2D eigenvalue weighted by Gasteiger charge is -2.23. The number of nitrogens with one attached hydrogen (secondary N) is 1. The number of halogens is 3. The number of anilines is 1. The lowest BCUT2D eigenvalue weighted by atomic mass is 10.1. The number of alkyl halides is 3.